The number of rotatable bonds is 16. The number of carbonyl (C=O) groups is 1. The fourth-order valence-electron chi connectivity index (χ4n) is 2.83. The number of non-ortho nitro benzene ring substituents is 1. The van der Waals surface area contributed by atoms with E-state index in [1.54, 1.807) is 12.1 Å². The minimum Gasteiger partial charge on any atom is -0.326 e. The number of hydrogen-bond donors (Lipinski definition) is 1. The topological polar surface area (TPSA) is 72.2 Å². The zero-order chi connectivity index (χ0) is 22.6. The second-order valence-electron chi connectivity index (χ2n) is 7.33. The number of nitrogens with zero attached hydrogens (tertiary/aromatic N) is 1. The predicted molar refractivity (Wildman–Crippen MR) is 130 cm³/mol. The van der Waals surface area contributed by atoms with Crippen LogP contribution in [0.4, 0.5) is 11.4 Å². The van der Waals surface area contributed by atoms with Crippen LogP contribution < -0.4 is 5.32 Å². The highest BCUT2D eigenvalue weighted by molar-refractivity contribution is 5.90. The SMILES string of the molecule is CCCCCC=CCC=CCC=CCC=CCCCC(=O)Nc1ccc([N+](=O)[O-])cc1. The van der Waals surface area contributed by atoms with Crippen molar-refractivity contribution in [3.05, 3.63) is 83.0 Å². The molecular weight excluding hydrogens is 388 g/mol. The van der Waals surface area contributed by atoms with Gasteiger partial charge in [0, 0.05) is 24.2 Å². The Balaban J connectivity index is 2.03. The first-order chi connectivity index (χ1) is 15.1. The van der Waals surface area contributed by atoms with E-state index in [0.29, 0.717) is 12.1 Å². The normalized spacial score (nSPS) is 11.9. The van der Waals surface area contributed by atoms with E-state index in [1.165, 1.54) is 37.8 Å². The maximum absolute atomic E-state index is 11.9. The number of nitro groups is 1. The van der Waals surface area contributed by atoms with Crippen molar-refractivity contribution in [1.82, 2.24) is 0 Å². The molecule has 0 unspecified atom stereocenters. The number of benzene rings is 1. The van der Waals surface area contributed by atoms with Crippen LogP contribution in [-0.4, -0.2) is 10.8 Å². The highest BCUT2D eigenvalue weighted by atomic mass is 16.6. The molecule has 0 aromatic heterocycles. The van der Waals surface area contributed by atoms with Gasteiger partial charge in [0.2, 0.25) is 5.91 Å². The third-order valence-electron chi connectivity index (χ3n) is 4.59. The minimum absolute atomic E-state index is 0.0125. The number of hydrogen-bond acceptors (Lipinski definition) is 3. The molecule has 1 rings (SSSR count). The molecule has 0 aliphatic carbocycles. The van der Waals surface area contributed by atoms with Gasteiger partial charge in [-0.25, -0.2) is 0 Å². The van der Waals surface area contributed by atoms with Gasteiger partial charge in [0.25, 0.3) is 5.69 Å². The van der Waals surface area contributed by atoms with Gasteiger partial charge >= 0.3 is 0 Å². The Hall–Kier alpha value is -2.95. The average Bonchev–Trinajstić information content (AvgIpc) is 2.76. The molecular formula is C26H36N2O3. The van der Waals surface area contributed by atoms with Crippen molar-refractivity contribution >= 4 is 17.3 Å². The summed E-state index contributed by atoms with van der Waals surface area (Å²) in [6.45, 7) is 2.23. The molecule has 0 aliphatic rings. The van der Waals surface area contributed by atoms with Crippen LogP contribution in [0.15, 0.2) is 72.9 Å². The summed E-state index contributed by atoms with van der Waals surface area (Å²) in [6.07, 6.45) is 27.5. The minimum atomic E-state index is -0.460. The van der Waals surface area contributed by atoms with Gasteiger partial charge in [-0.05, 0) is 57.1 Å². The Labute approximate surface area is 186 Å². The maximum atomic E-state index is 11.9. The lowest BCUT2D eigenvalue weighted by atomic mass is 10.2. The van der Waals surface area contributed by atoms with Crippen molar-refractivity contribution in [3.8, 4) is 0 Å². The third-order valence-corrected chi connectivity index (χ3v) is 4.59. The number of allylic oxidation sites excluding steroid dienone is 8. The van der Waals surface area contributed by atoms with E-state index < -0.39 is 4.92 Å². The number of carbonyl (C=O) groups excluding carboxylic acids is 1. The first kappa shape index (κ1) is 26.1. The molecule has 5 heteroatoms. The van der Waals surface area contributed by atoms with Crippen LogP contribution in [0.2, 0.25) is 0 Å². The standard InChI is InChI=1S/C26H36N2O3/c1-2-3-4-5-6-7-8-9-10-11-12-13-14-15-16-17-18-19-26(29)27-24-20-22-25(23-21-24)28(30)31/h6-7,9-10,12-13,15-16,20-23H,2-5,8,11,14,17-19H2,1H3,(H,27,29). The lowest BCUT2D eigenvalue weighted by Crippen LogP contribution is -2.10. The Kier molecular flexibility index (Phi) is 15.0. The van der Waals surface area contributed by atoms with Crippen LogP contribution in [0.3, 0.4) is 0 Å². The molecule has 0 heterocycles. The third kappa shape index (κ3) is 14.6. The van der Waals surface area contributed by atoms with Crippen molar-refractivity contribution in [2.75, 3.05) is 5.32 Å². The monoisotopic (exact) mass is 424 g/mol. The van der Waals surface area contributed by atoms with Crippen molar-refractivity contribution < 1.29 is 9.72 Å². The molecule has 1 amide bonds. The molecule has 0 spiro atoms. The van der Waals surface area contributed by atoms with Gasteiger partial charge in [-0.15, -0.1) is 0 Å². The van der Waals surface area contributed by atoms with Gasteiger partial charge in [-0.2, -0.15) is 0 Å². The smallest absolute Gasteiger partial charge is 0.269 e. The maximum Gasteiger partial charge on any atom is 0.269 e. The first-order valence-electron chi connectivity index (χ1n) is 11.3. The number of anilines is 1. The molecule has 0 bridgehead atoms. The van der Waals surface area contributed by atoms with Crippen molar-refractivity contribution in [3.63, 3.8) is 0 Å². The summed E-state index contributed by atoms with van der Waals surface area (Å²) >= 11 is 0. The number of nitro benzene ring substituents is 1. The molecule has 1 aromatic rings. The zero-order valence-corrected chi connectivity index (χ0v) is 18.7. The number of unbranched alkanes of at least 4 members (excludes halogenated alkanes) is 4. The Morgan fingerprint density at radius 1 is 0.839 bits per heavy atom. The second kappa shape index (κ2) is 17.9. The summed E-state index contributed by atoms with van der Waals surface area (Å²) < 4.78 is 0. The fourth-order valence-corrected chi connectivity index (χ4v) is 2.83. The van der Waals surface area contributed by atoms with E-state index in [1.807, 2.05) is 0 Å². The van der Waals surface area contributed by atoms with Gasteiger partial charge in [0.15, 0.2) is 0 Å². The molecule has 0 radical (unpaired) electrons. The Morgan fingerprint density at radius 3 is 1.87 bits per heavy atom. The van der Waals surface area contributed by atoms with Crippen LogP contribution in [0.5, 0.6) is 0 Å². The molecule has 1 N–H and O–H groups in total. The Bertz CT molecular complexity index is 746. The van der Waals surface area contributed by atoms with Gasteiger partial charge in [-0.3, -0.25) is 14.9 Å². The summed E-state index contributed by atoms with van der Waals surface area (Å²) in [5.74, 6) is -0.0789. The molecule has 0 aliphatic heterocycles. The van der Waals surface area contributed by atoms with E-state index in [2.05, 4.69) is 60.8 Å². The van der Waals surface area contributed by atoms with Gasteiger partial charge in [-0.1, -0.05) is 68.4 Å². The first-order valence-corrected chi connectivity index (χ1v) is 11.3. The quantitative estimate of drug-likeness (QED) is 0.128. The van der Waals surface area contributed by atoms with E-state index in [4.69, 9.17) is 0 Å². The second-order valence-corrected chi connectivity index (χ2v) is 7.33. The average molecular weight is 425 g/mol. The van der Waals surface area contributed by atoms with Crippen LogP contribution >= 0.6 is 0 Å². The molecule has 5 nitrogen and oxygen atoms in total. The molecule has 0 saturated carbocycles. The molecule has 0 saturated heterocycles. The highest BCUT2D eigenvalue weighted by Gasteiger charge is 2.06. The van der Waals surface area contributed by atoms with E-state index >= 15 is 0 Å². The van der Waals surface area contributed by atoms with E-state index in [0.717, 1.165) is 32.1 Å². The summed E-state index contributed by atoms with van der Waals surface area (Å²) in [4.78, 5) is 22.1. The highest BCUT2D eigenvalue weighted by Crippen LogP contribution is 2.15. The number of nitrogens with one attached hydrogen (secondary N) is 1. The van der Waals surface area contributed by atoms with Gasteiger partial charge in [0.1, 0.15) is 0 Å². The van der Waals surface area contributed by atoms with E-state index in [-0.39, 0.29) is 11.6 Å². The predicted octanol–water partition coefficient (Wildman–Crippen LogP) is 7.68. The molecule has 1 aromatic carbocycles. The number of amides is 1. The van der Waals surface area contributed by atoms with Crippen LogP contribution in [0.1, 0.15) is 71.1 Å². The van der Waals surface area contributed by atoms with E-state index in [9.17, 15) is 14.9 Å². The van der Waals surface area contributed by atoms with Crippen LogP contribution in [-0.2, 0) is 4.79 Å². The van der Waals surface area contributed by atoms with Gasteiger partial charge < -0.3 is 5.32 Å². The van der Waals surface area contributed by atoms with Crippen LogP contribution in [0, 0.1) is 10.1 Å². The summed E-state index contributed by atoms with van der Waals surface area (Å²) in [7, 11) is 0. The zero-order valence-electron chi connectivity index (χ0n) is 18.7. The molecule has 0 fully saturated rings. The molecule has 31 heavy (non-hydrogen) atoms. The van der Waals surface area contributed by atoms with Crippen molar-refractivity contribution in [2.45, 2.75) is 71.1 Å². The molecule has 0 atom stereocenters. The largest absolute Gasteiger partial charge is 0.326 e. The van der Waals surface area contributed by atoms with Gasteiger partial charge in [0.05, 0.1) is 4.92 Å². The summed E-state index contributed by atoms with van der Waals surface area (Å²) in [5, 5.41) is 13.4. The fraction of sp³-hybridized carbons (Fsp3) is 0.423. The lowest BCUT2D eigenvalue weighted by molar-refractivity contribution is -0.384. The molecule has 168 valence electrons. The Morgan fingerprint density at radius 2 is 1.35 bits per heavy atom. The summed E-state index contributed by atoms with van der Waals surface area (Å²) in [6, 6.07) is 5.86. The van der Waals surface area contributed by atoms with Crippen LogP contribution in [0.25, 0.3) is 0 Å². The van der Waals surface area contributed by atoms with Crippen molar-refractivity contribution in [1.29, 1.82) is 0 Å². The summed E-state index contributed by atoms with van der Waals surface area (Å²) in [5.41, 5.74) is 0.590. The lowest BCUT2D eigenvalue weighted by Gasteiger charge is -2.04. The van der Waals surface area contributed by atoms with Crippen molar-refractivity contribution in [2.24, 2.45) is 0 Å².